The molecular formula is C19H19ClFN3O5. The minimum absolute atomic E-state index is 0.0825. The molecule has 2 aliphatic heterocycles. The van der Waals surface area contributed by atoms with Gasteiger partial charge in [0, 0.05) is 30.1 Å². The number of oxime groups is 1. The van der Waals surface area contributed by atoms with Crippen molar-refractivity contribution in [3.63, 3.8) is 0 Å². The molecule has 2 aliphatic rings. The van der Waals surface area contributed by atoms with Crippen LogP contribution < -0.4 is 0 Å². The van der Waals surface area contributed by atoms with Crippen LogP contribution in [0.15, 0.2) is 40.6 Å². The molecular weight excluding hydrogens is 405 g/mol. The SMILES string of the molecule is CO/N=C1/N=CCc2c1ccn2[C@@H]1O[C@H]([C@H](O)c2ccc(Cl)c(F)c2)[C@@H](O)[C@H]1O. The molecule has 0 aliphatic carbocycles. The molecule has 2 aromatic rings. The largest absolute Gasteiger partial charge is 0.397 e. The van der Waals surface area contributed by atoms with Gasteiger partial charge in [0.25, 0.3) is 0 Å². The predicted octanol–water partition coefficient (Wildman–Crippen LogP) is 1.57. The van der Waals surface area contributed by atoms with Gasteiger partial charge in [-0.25, -0.2) is 9.38 Å². The lowest BCUT2D eigenvalue weighted by molar-refractivity contribution is -0.0865. The van der Waals surface area contributed by atoms with Gasteiger partial charge in [0.1, 0.15) is 37.3 Å². The summed E-state index contributed by atoms with van der Waals surface area (Å²) in [5, 5.41) is 35.5. The lowest BCUT2D eigenvalue weighted by Crippen LogP contribution is -2.35. The summed E-state index contributed by atoms with van der Waals surface area (Å²) in [5.41, 5.74) is 1.66. The second-order valence-corrected chi connectivity index (χ2v) is 7.19. The highest BCUT2D eigenvalue weighted by Crippen LogP contribution is 2.38. The van der Waals surface area contributed by atoms with Gasteiger partial charge < -0.3 is 29.5 Å². The normalized spacial score (nSPS) is 28.6. The van der Waals surface area contributed by atoms with Gasteiger partial charge in [0.05, 0.1) is 5.02 Å². The molecule has 8 nitrogen and oxygen atoms in total. The first kappa shape index (κ1) is 20.0. The molecule has 29 heavy (non-hydrogen) atoms. The number of hydrogen-bond acceptors (Lipinski definition) is 6. The van der Waals surface area contributed by atoms with E-state index in [1.807, 2.05) is 0 Å². The zero-order valence-corrected chi connectivity index (χ0v) is 16.1. The second kappa shape index (κ2) is 7.85. The third-order valence-corrected chi connectivity index (χ3v) is 5.39. The van der Waals surface area contributed by atoms with Crippen LogP contribution in [0.4, 0.5) is 4.39 Å². The Hall–Kier alpha value is -2.30. The van der Waals surface area contributed by atoms with Crippen molar-refractivity contribution in [2.75, 3.05) is 7.11 Å². The van der Waals surface area contributed by atoms with E-state index < -0.39 is 36.5 Å². The quantitative estimate of drug-likeness (QED) is 0.647. The highest BCUT2D eigenvalue weighted by Gasteiger charge is 2.47. The summed E-state index contributed by atoms with van der Waals surface area (Å²) in [6, 6.07) is 5.57. The summed E-state index contributed by atoms with van der Waals surface area (Å²) < 4.78 is 21.2. The van der Waals surface area contributed by atoms with Gasteiger partial charge in [-0.05, 0) is 23.8 Å². The van der Waals surface area contributed by atoms with E-state index >= 15 is 0 Å². The summed E-state index contributed by atoms with van der Waals surface area (Å²) in [5.74, 6) is -0.315. The third-order valence-electron chi connectivity index (χ3n) is 5.09. The van der Waals surface area contributed by atoms with Gasteiger partial charge >= 0.3 is 0 Å². The molecule has 10 heteroatoms. The number of rotatable bonds is 4. The number of ether oxygens (including phenoxy) is 1. The maximum atomic E-state index is 13.8. The average molecular weight is 424 g/mol. The van der Waals surface area contributed by atoms with E-state index in [1.54, 1.807) is 23.0 Å². The predicted molar refractivity (Wildman–Crippen MR) is 102 cm³/mol. The highest BCUT2D eigenvalue weighted by atomic mass is 35.5. The molecule has 3 N–H and O–H groups in total. The Balaban J connectivity index is 1.62. The molecule has 5 atom stereocenters. The van der Waals surface area contributed by atoms with Crippen LogP contribution in [0.25, 0.3) is 0 Å². The van der Waals surface area contributed by atoms with Crippen molar-refractivity contribution in [1.29, 1.82) is 0 Å². The molecule has 1 aromatic heterocycles. The monoisotopic (exact) mass is 423 g/mol. The third kappa shape index (κ3) is 3.45. The van der Waals surface area contributed by atoms with Crippen molar-refractivity contribution < 1.29 is 29.3 Å². The fourth-order valence-corrected chi connectivity index (χ4v) is 3.76. The average Bonchev–Trinajstić information content (AvgIpc) is 3.26. The van der Waals surface area contributed by atoms with Gasteiger partial charge in [-0.2, -0.15) is 0 Å². The molecule has 1 saturated heterocycles. The molecule has 4 rings (SSSR count). The minimum Gasteiger partial charge on any atom is -0.397 e. The summed E-state index contributed by atoms with van der Waals surface area (Å²) in [7, 11) is 1.42. The van der Waals surface area contributed by atoms with E-state index in [1.165, 1.54) is 19.2 Å². The van der Waals surface area contributed by atoms with Crippen molar-refractivity contribution in [2.24, 2.45) is 10.1 Å². The first-order valence-electron chi connectivity index (χ1n) is 8.90. The zero-order chi connectivity index (χ0) is 20.7. The van der Waals surface area contributed by atoms with Crippen LogP contribution in [-0.4, -0.2) is 57.4 Å². The molecule has 1 fully saturated rings. The fraction of sp³-hybridized carbons (Fsp3) is 0.368. The van der Waals surface area contributed by atoms with Gasteiger partial charge in [0.2, 0.25) is 0 Å². The first-order chi connectivity index (χ1) is 13.9. The fourth-order valence-electron chi connectivity index (χ4n) is 3.65. The lowest BCUT2D eigenvalue weighted by Gasteiger charge is -2.22. The van der Waals surface area contributed by atoms with Gasteiger partial charge in [-0.3, -0.25) is 0 Å². The Kier molecular flexibility index (Phi) is 5.41. The Morgan fingerprint density at radius 2 is 2.14 bits per heavy atom. The second-order valence-electron chi connectivity index (χ2n) is 6.79. The summed E-state index contributed by atoms with van der Waals surface area (Å²) in [6.07, 6.45) is -2.40. The molecule has 1 aromatic carbocycles. The smallest absolute Gasteiger partial charge is 0.200 e. The standard InChI is InChI=1S/C19H19ClFN3O5/c1-28-23-18-10-5-7-24(13(10)4-6-22-18)19-16(27)15(26)17(29-19)14(25)9-2-3-11(20)12(21)8-9/h2-3,5-8,14-17,19,25-27H,4H2,1H3/b23-18+/t14-,15+,16-,17-,19-/m1/s1. The van der Waals surface area contributed by atoms with E-state index in [0.29, 0.717) is 17.8 Å². The summed E-state index contributed by atoms with van der Waals surface area (Å²) >= 11 is 5.68. The van der Waals surface area contributed by atoms with Gasteiger partial charge in [-0.1, -0.05) is 22.8 Å². The molecule has 3 heterocycles. The van der Waals surface area contributed by atoms with Gasteiger partial charge in [0.15, 0.2) is 12.1 Å². The summed E-state index contributed by atoms with van der Waals surface area (Å²) in [6.45, 7) is 0. The number of hydrogen-bond donors (Lipinski definition) is 3. The maximum Gasteiger partial charge on any atom is 0.200 e. The Morgan fingerprint density at radius 3 is 2.86 bits per heavy atom. The zero-order valence-electron chi connectivity index (χ0n) is 15.3. The molecule has 0 radical (unpaired) electrons. The molecule has 0 unspecified atom stereocenters. The molecule has 0 amide bonds. The number of benzene rings is 1. The maximum absolute atomic E-state index is 13.8. The van der Waals surface area contributed by atoms with Crippen LogP contribution in [0.5, 0.6) is 0 Å². The van der Waals surface area contributed by atoms with Crippen molar-refractivity contribution in [2.45, 2.75) is 37.1 Å². The van der Waals surface area contributed by atoms with Crippen molar-refractivity contribution >= 4 is 23.7 Å². The lowest BCUT2D eigenvalue weighted by atomic mass is 9.99. The Bertz CT molecular complexity index is 979. The number of nitrogens with zero attached hydrogens (tertiary/aromatic N) is 3. The first-order valence-corrected chi connectivity index (χ1v) is 9.28. The minimum atomic E-state index is -1.39. The van der Waals surface area contributed by atoms with Crippen molar-refractivity contribution in [3.05, 3.63) is 58.1 Å². The van der Waals surface area contributed by atoms with Gasteiger partial charge in [-0.15, -0.1) is 0 Å². The van der Waals surface area contributed by atoms with Crippen LogP contribution in [0.3, 0.4) is 0 Å². The molecule has 0 bridgehead atoms. The Morgan fingerprint density at radius 1 is 1.34 bits per heavy atom. The van der Waals surface area contributed by atoms with E-state index in [4.69, 9.17) is 21.2 Å². The molecule has 0 saturated carbocycles. The van der Waals surface area contributed by atoms with E-state index in [-0.39, 0.29) is 10.6 Å². The van der Waals surface area contributed by atoms with Crippen LogP contribution in [0, 0.1) is 5.82 Å². The molecule has 154 valence electrons. The van der Waals surface area contributed by atoms with Crippen LogP contribution >= 0.6 is 11.6 Å². The topological polar surface area (TPSA) is 109 Å². The van der Waals surface area contributed by atoms with Crippen LogP contribution in [0.2, 0.25) is 5.02 Å². The number of aliphatic hydroxyl groups is 3. The van der Waals surface area contributed by atoms with Crippen LogP contribution in [0.1, 0.15) is 29.2 Å². The number of aliphatic imine (C=N–C) groups is 1. The number of amidine groups is 1. The van der Waals surface area contributed by atoms with E-state index in [0.717, 1.165) is 11.8 Å². The summed E-state index contributed by atoms with van der Waals surface area (Å²) in [4.78, 5) is 8.98. The van der Waals surface area contributed by atoms with E-state index in [2.05, 4.69) is 10.1 Å². The van der Waals surface area contributed by atoms with Crippen molar-refractivity contribution in [3.8, 4) is 0 Å². The number of fused-ring (bicyclic) bond motifs is 1. The molecule has 0 spiro atoms. The van der Waals surface area contributed by atoms with Crippen molar-refractivity contribution in [1.82, 2.24) is 4.57 Å². The Labute approximate surface area is 170 Å². The number of aliphatic hydroxyl groups excluding tert-OH is 3. The highest BCUT2D eigenvalue weighted by molar-refractivity contribution is 6.30. The van der Waals surface area contributed by atoms with Crippen LogP contribution in [-0.2, 0) is 16.0 Å². The number of aromatic nitrogens is 1. The van der Waals surface area contributed by atoms with E-state index in [9.17, 15) is 19.7 Å². The number of halogens is 2.